The highest BCUT2D eigenvalue weighted by Gasteiger charge is 2.05. The summed E-state index contributed by atoms with van der Waals surface area (Å²) in [6.45, 7) is 4.40. The van der Waals surface area contributed by atoms with Gasteiger partial charge in [0.2, 0.25) is 0 Å². The molecular formula is C22H23NO3. The number of benzene rings is 3. The van der Waals surface area contributed by atoms with Crippen LogP contribution in [0.2, 0.25) is 0 Å². The Hall–Kier alpha value is -3.01. The highest BCUT2D eigenvalue weighted by Crippen LogP contribution is 2.20. The van der Waals surface area contributed by atoms with Crippen LogP contribution in [0.25, 0.3) is 10.8 Å². The molecule has 0 aliphatic carbocycles. The normalized spacial score (nSPS) is 10.7. The van der Waals surface area contributed by atoms with E-state index in [9.17, 15) is 4.79 Å². The van der Waals surface area contributed by atoms with Gasteiger partial charge in [-0.1, -0.05) is 42.5 Å². The van der Waals surface area contributed by atoms with E-state index in [4.69, 9.17) is 9.47 Å². The Morgan fingerprint density at radius 3 is 2.54 bits per heavy atom. The second-order valence-electron chi connectivity index (χ2n) is 6.39. The van der Waals surface area contributed by atoms with Gasteiger partial charge in [-0.05, 0) is 54.4 Å². The zero-order chi connectivity index (χ0) is 18.4. The van der Waals surface area contributed by atoms with E-state index in [-0.39, 0.29) is 18.6 Å². The monoisotopic (exact) mass is 349 g/mol. The van der Waals surface area contributed by atoms with Gasteiger partial charge >= 0.3 is 0 Å². The summed E-state index contributed by atoms with van der Waals surface area (Å²) >= 11 is 0. The molecule has 4 nitrogen and oxygen atoms in total. The molecule has 0 saturated carbocycles. The largest absolute Gasteiger partial charge is 0.491 e. The summed E-state index contributed by atoms with van der Waals surface area (Å²) in [6.07, 6.45) is 0.121. The van der Waals surface area contributed by atoms with Gasteiger partial charge in [0, 0.05) is 6.54 Å². The van der Waals surface area contributed by atoms with Gasteiger partial charge in [0.25, 0.3) is 5.91 Å². The van der Waals surface area contributed by atoms with Gasteiger partial charge < -0.3 is 14.8 Å². The first kappa shape index (κ1) is 17.8. The van der Waals surface area contributed by atoms with E-state index in [0.717, 1.165) is 22.1 Å². The number of rotatable bonds is 7. The third kappa shape index (κ3) is 4.99. The number of carbonyl (C=O) groups is 1. The molecule has 0 bridgehead atoms. The molecule has 0 radical (unpaired) electrons. The maximum absolute atomic E-state index is 12.0. The zero-order valence-corrected chi connectivity index (χ0v) is 15.1. The Balaban J connectivity index is 1.51. The molecular weight excluding hydrogens is 326 g/mol. The molecule has 4 heteroatoms. The number of carbonyl (C=O) groups excluding carboxylic acids is 1. The molecule has 26 heavy (non-hydrogen) atoms. The van der Waals surface area contributed by atoms with Crippen LogP contribution < -0.4 is 14.8 Å². The van der Waals surface area contributed by atoms with E-state index in [1.165, 1.54) is 0 Å². The summed E-state index contributed by atoms with van der Waals surface area (Å²) < 4.78 is 11.3. The fraction of sp³-hybridized carbons (Fsp3) is 0.227. The van der Waals surface area contributed by atoms with Gasteiger partial charge in [0.1, 0.15) is 11.5 Å². The van der Waals surface area contributed by atoms with E-state index >= 15 is 0 Å². The van der Waals surface area contributed by atoms with E-state index in [2.05, 4.69) is 5.32 Å². The average molecular weight is 349 g/mol. The van der Waals surface area contributed by atoms with Crippen molar-refractivity contribution < 1.29 is 14.3 Å². The fourth-order valence-corrected chi connectivity index (χ4v) is 2.66. The Kier molecular flexibility index (Phi) is 5.74. The van der Waals surface area contributed by atoms with Crippen LogP contribution in [0.1, 0.15) is 19.4 Å². The molecule has 0 atom stereocenters. The fourth-order valence-electron chi connectivity index (χ4n) is 2.66. The molecule has 0 heterocycles. The van der Waals surface area contributed by atoms with Gasteiger partial charge in [-0.15, -0.1) is 0 Å². The number of amides is 1. The standard InChI is InChI=1S/C22H23NO3/c1-16(2)26-21-9-5-6-17(12-21)14-23-22(24)15-25-20-11-10-18-7-3-4-8-19(18)13-20/h3-13,16H,14-15H2,1-2H3,(H,23,24). The van der Waals surface area contributed by atoms with Crippen molar-refractivity contribution in [2.45, 2.75) is 26.5 Å². The van der Waals surface area contributed by atoms with E-state index < -0.39 is 0 Å². The van der Waals surface area contributed by atoms with Crippen molar-refractivity contribution in [2.75, 3.05) is 6.61 Å². The first-order valence-electron chi connectivity index (χ1n) is 8.74. The van der Waals surface area contributed by atoms with Crippen molar-refractivity contribution >= 4 is 16.7 Å². The molecule has 3 aromatic rings. The molecule has 0 unspecified atom stereocenters. The summed E-state index contributed by atoms with van der Waals surface area (Å²) in [4.78, 5) is 12.0. The average Bonchev–Trinajstić information content (AvgIpc) is 2.64. The number of hydrogen-bond donors (Lipinski definition) is 1. The molecule has 0 fully saturated rings. The van der Waals surface area contributed by atoms with Crippen molar-refractivity contribution in [3.05, 3.63) is 72.3 Å². The predicted molar refractivity (Wildman–Crippen MR) is 103 cm³/mol. The number of ether oxygens (including phenoxy) is 2. The van der Waals surface area contributed by atoms with Crippen LogP contribution in [-0.2, 0) is 11.3 Å². The molecule has 0 saturated heterocycles. The van der Waals surface area contributed by atoms with Crippen LogP contribution in [0, 0.1) is 0 Å². The molecule has 3 rings (SSSR count). The molecule has 3 aromatic carbocycles. The van der Waals surface area contributed by atoms with Gasteiger partial charge in [0.05, 0.1) is 6.10 Å². The molecule has 0 aliphatic heterocycles. The van der Waals surface area contributed by atoms with Crippen molar-refractivity contribution in [3.63, 3.8) is 0 Å². The van der Waals surface area contributed by atoms with E-state index in [1.54, 1.807) is 0 Å². The molecule has 1 N–H and O–H groups in total. The molecule has 0 aromatic heterocycles. The predicted octanol–water partition coefficient (Wildman–Crippen LogP) is 4.32. The third-order valence-corrected chi connectivity index (χ3v) is 3.85. The van der Waals surface area contributed by atoms with Gasteiger partial charge in [0.15, 0.2) is 6.61 Å². The van der Waals surface area contributed by atoms with E-state index in [1.807, 2.05) is 80.6 Å². The first-order valence-corrected chi connectivity index (χ1v) is 8.74. The Morgan fingerprint density at radius 2 is 1.73 bits per heavy atom. The van der Waals surface area contributed by atoms with Gasteiger partial charge in [-0.25, -0.2) is 0 Å². The number of fused-ring (bicyclic) bond motifs is 1. The Bertz CT molecular complexity index is 889. The van der Waals surface area contributed by atoms with Crippen LogP contribution >= 0.6 is 0 Å². The highest BCUT2D eigenvalue weighted by atomic mass is 16.5. The first-order chi connectivity index (χ1) is 12.6. The van der Waals surface area contributed by atoms with Crippen molar-refractivity contribution in [1.29, 1.82) is 0 Å². The van der Waals surface area contributed by atoms with Crippen LogP contribution in [0.15, 0.2) is 66.7 Å². The molecule has 0 aliphatic rings. The summed E-state index contributed by atoms with van der Waals surface area (Å²) in [7, 11) is 0. The zero-order valence-electron chi connectivity index (χ0n) is 15.1. The smallest absolute Gasteiger partial charge is 0.258 e. The van der Waals surface area contributed by atoms with Crippen LogP contribution in [-0.4, -0.2) is 18.6 Å². The third-order valence-electron chi connectivity index (χ3n) is 3.85. The van der Waals surface area contributed by atoms with Crippen LogP contribution in [0.5, 0.6) is 11.5 Å². The number of nitrogens with one attached hydrogen (secondary N) is 1. The van der Waals surface area contributed by atoms with E-state index in [0.29, 0.717) is 12.3 Å². The highest BCUT2D eigenvalue weighted by molar-refractivity contribution is 5.84. The van der Waals surface area contributed by atoms with Crippen molar-refractivity contribution in [3.8, 4) is 11.5 Å². The van der Waals surface area contributed by atoms with Crippen molar-refractivity contribution in [2.24, 2.45) is 0 Å². The summed E-state index contributed by atoms with van der Waals surface area (Å²) in [5.41, 5.74) is 0.988. The lowest BCUT2D eigenvalue weighted by Crippen LogP contribution is -2.28. The quantitative estimate of drug-likeness (QED) is 0.691. The minimum atomic E-state index is -0.159. The maximum atomic E-state index is 12.0. The minimum absolute atomic E-state index is 0.0134. The Labute approximate surface area is 153 Å². The van der Waals surface area contributed by atoms with Gasteiger partial charge in [-0.3, -0.25) is 4.79 Å². The summed E-state index contributed by atoms with van der Waals surface area (Å²) in [6, 6.07) is 21.6. The van der Waals surface area contributed by atoms with Crippen LogP contribution in [0.3, 0.4) is 0 Å². The van der Waals surface area contributed by atoms with Crippen molar-refractivity contribution in [1.82, 2.24) is 5.32 Å². The number of hydrogen-bond acceptors (Lipinski definition) is 3. The van der Waals surface area contributed by atoms with Crippen LogP contribution in [0.4, 0.5) is 0 Å². The maximum Gasteiger partial charge on any atom is 0.258 e. The molecule has 134 valence electrons. The van der Waals surface area contributed by atoms with Gasteiger partial charge in [-0.2, -0.15) is 0 Å². The SMILES string of the molecule is CC(C)Oc1cccc(CNC(=O)COc2ccc3ccccc3c2)c1. The lowest BCUT2D eigenvalue weighted by atomic mass is 10.1. The Morgan fingerprint density at radius 1 is 0.923 bits per heavy atom. The topological polar surface area (TPSA) is 47.6 Å². The second kappa shape index (κ2) is 8.39. The minimum Gasteiger partial charge on any atom is -0.491 e. The molecule has 1 amide bonds. The molecule has 0 spiro atoms. The second-order valence-corrected chi connectivity index (χ2v) is 6.39. The lowest BCUT2D eigenvalue weighted by molar-refractivity contribution is -0.123. The summed E-state index contributed by atoms with van der Waals surface area (Å²) in [5.74, 6) is 1.33. The summed E-state index contributed by atoms with van der Waals surface area (Å²) in [5, 5.41) is 5.10. The lowest BCUT2D eigenvalue weighted by Gasteiger charge is -2.12.